The van der Waals surface area contributed by atoms with Gasteiger partial charge in [0.15, 0.2) is 0 Å². The highest BCUT2D eigenvalue weighted by molar-refractivity contribution is 6.05. The van der Waals surface area contributed by atoms with Crippen LogP contribution in [-0.4, -0.2) is 27.4 Å². The number of nitrogens with zero attached hydrogens (tertiary/aromatic N) is 3. The summed E-state index contributed by atoms with van der Waals surface area (Å²) in [4.78, 5) is 22.8. The Labute approximate surface area is 168 Å². The Morgan fingerprint density at radius 2 is 1.86 bits per heavy atom. The first-order valence-electron chi connectivity index (χ1n) is 9.47. The molecule has 1 aliphatic rings. The van der Waals surface area contributed by atoms with E-state index in [1.165, 1.54) is 0 Å². The quantitative estimate of drug-likeness (QED) is 0.716. The fraction of sp³-hybridized carbons (Fsp3) is 0.273. The molecule has 0 aliphatic carbocycles. The highest BCUT2D eigenvalue weighted by atomic mass is 16.7. The normalized spacial score (nSPS) is 19.3. The molecule has 0 saturated heterocycles. The molecular formula is C22H22N4O3. The number of aryl methyl sites for hydroxylation is 1. The lowest BCUT2D eigenvalue weighted by atomic mass is 9.95. The summed E-state index contributed by atoms with van der Waals surface area (Å²) < 4.78 is 5.38. The molecule has 7 nitrogen and oxygen atoms in total. The second kappa shape index (κ2) is 7.50. The number of hydrogen-bond acceptors (Lipinski definition) is 6. The Kier molecular flexibility index (Phi) is 4.88. The largest absolute Gasteiger partial charge is 0.379 e. The summed E-state index contributed by atoms with van der Waals surface area (Å²) in [5.74, 6) is 0.551. The first-order chi connectivity index (χ1) is 14.0. The summed E-state index contributed by atoms with van der Waals surface area (Å²) in [5.41, 5.74) is 2.55. The van der Waals surface area contributed by atoms with Crippen LogP contribution in [0.25, 0.3) is 11.4 Å². The molecule has 148 valence electrons. The standard InChI is InChI=1S/C22H22N4O3/c1-14-9-7-8-12-17(14)19-24-20(28-26-19)15(2)23-21(27)22(3)13-18(25-29-22)16-10-5-4-6-11-16/h4-12,15H,13H2,1-3H3,(H,23,27)/t15-,22-/m1/s1. The van der Waals surface area contributed by atoms with Gasteiger partial charge in [0.1, 0.15) is 6.04 Å². The lowest BCUT2D eigenvalue weighted by Gasteiger charge is -2.22. The topological polar surface area (TPSA) is 89.6 Å². The molecule has 1 N–H and O–H groups in total. The monoisotopic (exact) mass is 390 g/mol. The molecule has 0 spiro atoms. The van der Waals surface area contributed by atoms with Crippen LogP contribution in [0, 0.1) is 6.92 Å². The van der Waals surface area contributed by atoms with Crippen LogP contribution in [0.4, 0.5) is 0 Å². The zero-order chi connectivity index (χ0) is 20.4. The fourth-order valence-corrected chi connectivity index (χ4v) is 3.20. The van der Waals surface area contributed by atoms with E-state index in [4.69, 9.17) is 9.36 Å². The van der Waals surface area contributed by atoms with Gasteiger partial charge >= 0.3 is 0 Å². The number of amides is 1. The Morgan fingerprint density at radius 3 is 2.62 bits per heavy atom. The molecule has 29 heavy (non-hydrogen) atoms. The smallest absolute Gasteiger partial charge is 0.267 e. The third kappa shape index (κ3) is 3.76. The molecule has 4 rings (SSSR count). The van der Waals surface area contributed by atoms with Crippen molar-refractivity contribution in [3.05, 3.63) is 71.6 Å². The molecule has 0 unspecified atom stereocenters. The van der Waals surface area contributed by atoms with Crippen LogP contribution in [0.2, 0.25) is 0 Å². The van der Waals surface area contributed by atoms with E-state index in [2.05, 4.69) is 20.6 Å². The van der Waals surface area contributed by atoms with Crippen molar-refractivity contribution in [2.24, 2.45) is 5.16 Å². The van der Waals surface area contributed by atoms with E-state index < -0.39 is 11.6 Å². The van der Waals surface area contributed by atoms with Gasteiger partial charge in [-0.2, -0.15) is 4.98 Å². The molecule has 1 aliphatic heterocycles. The van der Waals surface area contributed by atoms with E-state index in [0.29, 0.717) is 18.1 Å². The zero-order valence-corrected chi connectivity index (χ0v) is 16.5. The number of carbonyl (C=O) groups excluding carboxylic acids is 1. The van der Waals surface area contributed by atoms with Crippen LogP contribution in [0.3, 0.4) is 0 Å². The van der Waals surface area contributed by atoms with Crippen LogP contribution in [0.1, 0.15) is 43.3 Å². The third-order valence-electron chi connectivity index (χ3n) is 5.00. The molecule has 2 heterocycles. The summed E-state index contributed by atoms with van der Waals surface area (Å²) >= 11 is 0. The molecule has 1 aromatic heterocycles. The molecule has 0 fully saturated rings. The Bertz CT molecular complexity index is 1060. The summed E-state index contributed by atoms with van der Waals surface area (Å²) in [5, 5.41) is 11.1. The highest BCUT2D eigenvalue weighted by Gasteiger charge is 2.43. The molecular weight excluding hydrogens is 368 g/mol. The maximum absolute atomic E-state index is 12.9. The number of oxime groups is 1. The molecule has 1 amide bonds. The van der Waals surface area contributed by atoms with Crippen molar-refractivity contribution in [2.45, 2.75) is 38.8 Å². The predicted octanol–water partition coefficient (Wildman–Crippen LogP) is 3.81. The van der Waals surface area contributed by atoms with Gasteiger partial charge in [-0.25, -0.2) is 0 Å². The van der Waals surface area contributed by atoms with Crippen molar-refractivity contribution in [1.29, 1.82) is 0 Å². The predicted molar refractivity (Wildman–Crippen MR) is 108 cm³/mol. The molecule has 3 aromatic rings. The van der Waals surface area contributed by atoms with Crippen LogP contribution in [-0.2, 0) is 9.63 Å². The molecule has 7 heteroatoms. The summed E-state index contributed by atoms with van der Waals surface area (Å²) in [6.45, 7) is 5.50. The average molecular weight is 390 g/mol. The SMILES string of the molecule is Cc1ccccc1-c1noc([C@@H](C)NC(=O)[C@@]2(C)CC(c3ccccc3)=NO2)n1. The second-order valence-electron chi connectivity index (χ2n) is 7.37. The summed E-state index contributed by atoms with van der Waals surface area (Å²) in [6.07, 6.45) is 0.383. The van der Waals surface area contributed by atoms with E-state index in [0.717, 1.165) is 22.4 Å². The first-order valence-corrected chi connectivity index (χ1v) is 9.47. The Balaban J connectivity index is 1.43. The second-order valence-corrected chi connectivity index (χ2v) is 7.37. The van der Waals surface area contributed by atoms with Gasteiger partial charge in [-0.05, 0) is 31.9 Å². The number of nitrogens with one attached hydrogen (secondary N) is 1. The van der Waals surface area contributed by atoms with Gasteiger partial charge in [0.2, 0.25) is 17.3 Å². The van der Waals surface area contributed by atoms with E-state index in [9.17, 15) is 4.79 Å². The summed E-state index contributed by atoms with van der Waals surface area (Å²) in [7, 11) is 0. The van der Waals surface area contributed by atoms with Crippen molar-refractivity contribution in [3.8, 4) is 11.4 Å². The lowest BCUT2D eigenvalue weighted by Crippen LogP contribution is -2.45. The first kappa shape index (κ1) is 18.9. The van der Waals surface area contributed by atoms with Gasteiger partial charge in [0, 0.05) is 12.0 Å². The number of carbonyl (C=O) groups is 1. The van der Waals surface area contributed by atoms with Crippen LogP contribution >= 0.6 is 0 Å². The molecule has 0 saturated carbocycles. The minimum absolute atomic E-state index is 0.282. The van der Waals surface area contributed by atoms with Gasteiger partial charge in [0.25, 0.3) is 5.91 Å². The van der Waals surface area contributed by atoms with E-state index in [-0.39, 0.29) is 5.91 Å². The van der Waals surface area contributed by atoms with Gasteiger partial charge < -0.3 is 14.7 Å². The van der Waals surface area contributed by atoms with Crippen molar-refractivity contribution >= 4 is 11.6 Å². The lowest BCUT2D eigenvalue weighted by molar-refractivity contribution is -0.142. The van der Waals surface area contributed by atoms with E-state index in [1.54, 1.807) is 13.8 Å². The molecule has 0 bridgehead atoms. The highest BCUT2D eigenvalue weighted by Crippen LogP contribution is 2.28. The van der Waals surface area contributed by atoms with Crippen LogP contribution < -0.4 is 5.32 Å². The number of rotatable bonds is 5. The van der Waals surface area contributed by atoms with Gasteiger partial charge in [0.05, 0.1) is 5.71 Å². The minimum Gasteiger partial charge on any atom is -0.379 e. The Hall–Kier alpha value is -3.48. The number of aromatic nitrogens is 2. The van der Waals surface area contributed by atoms with Crippen molar-refractivity contribution in [1.82, 2.24) is 15.5 Å². The van der Waals surface area contributed by atoms with Crippen molar-refractivity contribution in [2.75, 3.05) is 0 Å². The van der Waals surface area contributed by atoms with Gasteiger partial charge in [-0.15, -0.1) is 0 Å². The van der Waals surface area contributed by atoms with Crippen LogP contribution in [0.15, 0.2) is 64.3 Å². The zero-order valence-electron chi connectivity index (χ0n) is 16.5. The third-order valence-corrected chi connectivity index (χ3v) is 5.00. The van der Waals surface area contributed by atoms with Gasteiger partial charge in [-0.1, -0.05) is 64.9 Å². The number of benzene rings is 2. The molecule has 0 radical (unpaired) electrons. The molecule has 2 atom stereocenters. The fourth-order valence-electron chi connectivity index (χ4n) is 3.20. The maximum atomic E-state index is 12.9. The van der Waals surface area contributed by atoms with Crippen LogP contribution in [0.5, 0.6) is 0 Å². The maximum Gasteiger partial charge on any atom is 0.267 e. The van der Waals surface area contributed by atoms with Crippen molar-refractivity contribution in [3.63, 3.8) is 0 Å². The van der Waals surface area contributed by atoms with Crippen molar-refractivity contribution < 1.29 is 14.2 Å². The Morgan fingerprint density at radius 1 is 1.14 bits per heavy atom. The molecule has 2 aromatic carbocycles. The van der Waals surface area contributed by atoms with E-state index in [1.807, 2.05) is 61.5 Å². The number of hydrogen-bond donors (Lipinski definition) is 1. The van der Waals surface area contributed by atoms with Gasteiger partial charge in [-0.3, -0.25) is 4.79 Å². The summed E-state index contributed by atoms with van der Waals surface area (Å²) in [6, 6.07) is 17.0. The average Bonchev–Trinajstić information content (AvgIpc) is 3.37. The minimum atomic E-state index is -1.09. The van der Waals surface area contributed by atoms with E-state index >= 15 is 0 Å².